The maximum atomic E-state index is 12.8. The molecule has 1 aliphatic rings. The van der Waals surface area contributed by atoms with E-state index in [2.05, 4.69) is 41.1 Å². The van der Waals surface area contributed by atoms with Gasteiger partial charge < -0.3 is 33.9 Å². The number of hydrogen-bond donors (Lipinski definition) is 2. The molecule has 0 atom stereocenters. The fraction of sp³-hybridized carbons (Fsp3) is 0.323. The second kappa shape index (κ2) is 12.3. The Morgan fingerprint density at radius 3 is 2.67 bits per heavy atom. The number of ether oxygens (including phenoxy) is 2. The number of aryl methyl sites for hydroxylation is 2. The molecule has 0 unspecified atom stereocenters. The molecule has 3 aromatic heterocycles. The zero-order chi connectivity index (χ0) is 31.9. The average molecular weight is 691 g/mol. The minimum Gasteiger partial charge on any atom is -0.457 e. The summed E-state index contributed by atoms with van der Waals surface area (Å²) >= 11 is 3.67. The molecule has 0 aliphatic carbocycles. The van der Waals surface area contributed by atoms with Crippen molar-refractivity contribution in [1.82, 2.24) is 29.1 Å². The van der Waals surface area contributed by atoms with Crippen LogP contribution in [-0.4, -0.2) is 80.3 Å². The predicted octanol–water partition coefficient (Wildman–Crippen LogP) is 5.64. The number of fused-ring (bicyclic) bond motifs is 2. The molecule has 2 aromatic carbocycles. The molecule has 0 spiro atoms. The Bertz CT molecular complexity index is 1900. The number of amides is 1. The van der Waals surface area contributed by atoms with Crippen LogP contribution >= 0.6 is 15.9 Å². The maximum Gasteiger partial charge on any atom is 0.402 e. The molecule has 1 amide bonds. The molecule has 2 N–H and O–H groups in total. The van der Waals surface area contributed by atoms with Gasteiger partial charge in [0.05, 0.1) is 33.6 Å². The topological polar surface area (TPSA) is 131 Å². The third kappa shape index (κ3) is 6.58. The molecule has 12 nitrogen and oxygen atoms in total. The molecule has 4 heterocycles. The third-order valence-electron chi connectivity index (χ3n) is 7.35. The first kappa shape index (κ1) is 30.7. The van der Waals surface area contributed by atoms with Crippen LogP contribution in [0, 0.1) is 6.92 Å². The first-order chi connectivity index (χ1) is 21.5. The lowest BCUT2D eigenvalue weighted by Crippen LogP contribution is -2.61. The van der Waals surface area contributed by atoms with Gasteiger partial charge >= 0.3 is 6.09 Å². The van der Waals surface area contributed by atoms with Crippen molar-refractivity contribution in [2.75, 3.05) is 35.7 Å². The van der Waals surface area contributed by atoms with Crippen molar-refractivity contribution in [1.29, 1.82) is 0 Å². The van der Waals surface area contributed by atoms with E-state index in [0.717, 1.165) is 32.5 Å². The van der Waals surface area contributed by atoms with E-state index in [-0.39, 0.29) is 6.23 Å². The lowest BCUT2D eigenvalue weighted by atomic mass is 10.2. The van der Waals surface area contributed by atoms with Crippen molar-refractivity contribution in [2.24, 2.45) is 7.05 Å². The molecule has 0 saturated carbocycles. The number of nitrogens with zero attached hydrogens (tertiary/aromatic N) is 7. The van der Waals surface area contributed by atoms with Crippen LogP contribution in [0.2, 0.25) is 0 Å². The number of pyridine rings is 1. The smallest absolute Gasteiger partial charge is 0.402 e. The molecular weight excluding hydrogens is 656 g/mol. The molecule has 1 radical (unpaired) electrons. The Morgan fingerprint density at radius 1 is 1.09 bits per heavy atom. The van der Waals surface area contributed by atoms with E-state index in [4.69, 9.17) is 14.5 Å². The third-order valence-corrected chi connectivity index (χ3v) is 10.2. The number of benzene rings is 2. The highest BCUT2D eigenvalue weighted by atomic mass is 79.9. The monoisotopic (exact) mass is 689 g/mol. The molecular formula is C31H34BrN8O4Si. The molecule has 14 heteroatoms. The van der Waals surface area contributed by atoms with Gasteiger partial charge in [-0.2, -0.15) is 0 Å². The van der Waals surface area contributed by atoms with Gasteiger partial charge in [0.2, 0.25) is 8.96 Å². The first-order valence-corrected chi connectivity index (χ1v) is 17.1. The zero-order valence-corrected chi connectivity index (χ0v) is 28.3. The second-order valence-electron chi connectivity index (χ2n) is 11.9. The zero-order valence-electron chi connectivity index (χ0n) is 25.7. The maximum absolute atomic E-state index is 12.8. The van der Waals surface area contributed by atoms with Crippen LogP contribution in [0.25, 0.3) is 22.1 Å². The highest BCUT2D eigenvalue weighted by molar-refractivity contribution is 9.10. The Kier molecular flexibility index (Phi) is 8.37. The quantitative estimate of drug-likeness (QED) is 0.216. The van der Waals surface area contributed by atoms with Crippen molar-refractivity contribution >= 4 is 70.4 Å². The molecule has 1 aliphatic heterocycles. The van der Waals surface area contributed by atoms with Crippen molar-refractivity contribution in [3.8, 4) is 11.5 Å². The Hall–Kier alpha value is -4.27. The minimum atomic E-state index is -1.64. The Morgan fingerprint density at radius 2 is 1.91 bits per heavy atom. The van der Waals surface area contributed by atoms with Crippen LogP contribution in [-0.2, 0) is 11.8 Å². The SMILES string of the molecule is Cc1cc(Nc2ncnc3cc(Br)c(N4CCN(C(=O)OC(C)(C)C)[Si](CO)C4)nc23)ccc1Oc1ccc2c(c1)ncn2C. The van der Waals surface area contributed by atoms with E-state index in [9.17, 15) is 9.90 Å². The molecule has 5 aromatic rings. The van der Waals surface area contributed by atoms with Crippen LogP contribution in [0.4, 0.5) is 22.1 Å². The van der Waals surface area contributed by atoms with E-state index in [1.54, 1.807) is 10.9 Å². The first-order valence-electron chi connectivity index (χ1n) is 14.5. The van der Waals surface area contributed by atoms with E-state index in [1.807, 2.05) is 81.8 Å². The summed E-state index contributed by atoms with van der Waals surface area (Å²) in [7, 11) is 0.319. The van der Waals surface area contributed by atoms with Crippen LogP contribution in [0.5, 0.6) is 11.5 Å². The molecule has 1 saturated heterocycles. The van der Waals surface area contributed by atoms with Crippen LogP contribution in [0.1, 0.15) is 26.3 Å². The summed E-state index contributed by atoms with van der Waals surface area (Å²) in [6.07, 6.45) is 3.29. The summed E-state index contributed by atoms with van der Waals surface area (Å²) in [5, 5.41) is 13.6. The summed E-state index contributed by atoms with van der Waals surface area (Å²) in [4.78, 5) is 33.2. The highest BCUT2D eigenvalue weighted by Crippen LogP contribution is 2.34. The normalized spacial score (nSPS) is 14.3. The van der Waals surface area contributed by atoms with Crippen LogP contribution in [0.15, 0.2) is 59.6 Å². The molecule has 6 rings (SSSR count). The van der Waals surface area contributed by atoms with Gasteiger partial charge in [0.15, 0.2) is 5.82 Å². The summed E-state index contributed by atoms with van der Waals surface area (Å²) in [6, 6.07) is 13.6. The largest absolute Gasteiger partial charge is 0.457 e. The highest BCUT2D eigenvalue weighted by Gasteiger charge is 2.36. The number of aromatic nitrogens is 5. The number of imidazole rings is 1. The fourth-order valence-electron chi connectivity index (χ4n) is 5.17. The second-order valence-corrected chi connectivity index (χ2v) is 15.0. The number of carbonyl (C=O) groups excluding carboxylic acids is 1. The van der Waals surface area contributed by atoms with Gasteiger partial charge in [-0.1, -0.05) is 0 Å². The summed E-state index contributed by atoms with van der Waals surface area (Å²) in [5.74, 6) is 2.71. The Balaban J connectivity index is 1.22. The average Bonchev–Trinajstić information content (AvgIpc) is 3.36. The minimum absolute atomic E-state index is 0.0989. The predicted molar refractivity (Wildman–Crippen MR) is 178 cm³/mol. The van der Waals surface area contributed by atoms with Crippen molar-refractivity contribution in [3.63, 3.8) is 0 Å². The fourth-order valence-corrected chi connectivity index (χ4v) is 7.63. The standard InChI is InChI=1S/C31H34BrN8O4Si/c1-19-12-20(6-9-26(19)43-21-7-8-25-23(13-21)35-16-38(25)5)36-28-27-24(33-15-34-28)14-22(32)29(37-27)39-10-11-40(45(17-39)18-41)30(42)44-31(2,3)4/h6-9,12-16,41H,10-11,17-18H2,1-5H3,(H,33,34,36). The van der Waals surface area contributed by atoms with Crippen LogP contribution in [0.3, 0.4) is 0 Å². The van der Waals surface area contributed by atoms with Gasteiger partial charge in [0, 0.05) is 38.1 Å². The summed E-state index contributed by atoms with van der Waals surface area (Å²) in [5.41, 5.74) is 4.34. The van der Waals surface area contributed by atoms with Gasteiger partial charge in [-0.15, -0.1) is 0 Å². The Labute approximate surface area is 270 Å². The van der Waals surface area contributed by atoms with Crippen LogP contribution < -0.4 is 15.0 Å². The number of hydrogen-bond acceptors (Lipinski definition) is 10. The molecule has 233 valence electrons. The van der Waals surface area contributed by atoms with Crippen molar-refractivity contribution in [2.45, 2.75) is 33.3 Å². The van der Waals surface area contributed by atoms with E-state index in [1.165, 1.54) is 6.33 Å². The number of nitrogens with one attached hydrogen (secondary N) is 1. The number of aliphatic hydroxyl groups is 1. The number of rotatable bonds is 6. The van der Waals surface area contributed by atoms with E-state index in [0.29, 0.717) is 47.7 Å². The van der Waals surface area contributed by atoms with Crippen molar-refractivity contribution < 1.29 is 19.4 Å². The molecule has 0 bridgehead atoms. The lowest BCUT2D eigenvalue weighted by molar-refractivity contribution is 0.0371. The van der Waals surface area contributed by atoms with Gasteiger partial charge in [-0.05, 0) is 85.6 Å². The molecule has 1 fully saturated rings. The summed E-state index contributed by atoms with van der Waals surface area (Å²) in [6.45, 7) is 8.46. The number of carbonyl (C=O) groups is 1. The number of anilines is 3. The summed E-state index contributed by atoms with van der Waals surface area (Å²) < 4.78 is 16.2. The van der Waals surface area contributed by atoms with E-state index >= 15 is 0 Å². The van der Waals surface area contributed by atoms with Gasteiger partial charge in [0.25, 0.3) is 0 Å². The van der Waals surface area contributed by atoms with Gasteiger partial charge in [0.1, 0.15) is 34.8 Å². The lowest BCUT2D eigenvalue weighted by Gasteiger charge is -2.40. The number of aliphatic hydroxyl groups excluding tert-OH is 1. The number of halogens is 1. The van der Waals surface area contributed by atoms with Gasteiger partial charge in [-0.3, -0.25) is 0 Å². The van der Waals surface area contributed by atoms with E-state index < -0.39 is 20.7 Å². The molecule has 45 heavy (non-hydrogen) atoms. The van der Waals surface area contributed by atoms with Gasteiger partial charge in [-0.25, -0.2) is 24.7 Å². The van der Waals surface area contributed by atoms with Crippen molar-refractivity contribution in [3.05, 3.63) is 65.2 Å².